The largest absolute Gasteiger partial charge is 0.393 e. The van der Waals surface area contributed by atoms with Crippen LogP contribution in [-0.4, -0.2) is 72.2 Å². The van der Waals surface area contributed by atoms with Crippen molar-refractivity contribution in [3.8, 4) is 0 Å². The van der Waals surface area contributed by atoms with E-state index in [2.05, 4.69) is 89.2 Å². The molecule has 1 N–H and O–H groups in total. The second-order valence-corrected chi connectivity index (χ2v) is 11.3. The minimum absolute atomic E-state index is 0.0645. The summed E-state index contributed by atoms with van der Waals surface area (Å²) in [5.41, 5.74) is 4.61. The molecule has 40 heavy (non-hydrogen) atoms. The first kappa shape index (κ1) is 28.1. The SMILES string of the molecule is C=CCN(C(=O)c1cccc(N2CCN(CCC(c3ccccc3)c3ccccc3)CC2)c1)[C@H]1CC[C@H](O)CC1. The van der Waals surface area contributed by atoms with Crippen molar-refractivity contribution in [2.24, 2.45) is 0 Å². The van der Waals surface area contributed by atoms with Gasteiger partial charge in [0.05, 0.1) is 6.10 Å². The summed E-state index contributed by atoms with van der Waals surface area (Å²) < 4.78 is 0. The van der Waals surface area contributed by atoms with Gasteiger partial charge in [-0.25, -0.2) is 0 Å². The second kappa shape index (κ2) is 13.8. The zero-order valence-corrected chi connectivity index (χ0v) is 23.6. The molecular weight excluding hydrogens is 494 g/mol. The Morgan fingerprint density at radius 1 is 0.875 bits per heavy atom. The molecule has 210 valence electrons. The third-order valence-electron chi connectivity index (χ3n) is 8.66. The van der Waals surface area contributed by atoms with E-state index < -0.39 is 0 Å². The number of amides is 1. The maximum Gasteiger partial charge on any atom is 0.254 e. The van der Waals surface area contributed by atoms with Crippen molar-refractivity contribution in [1.29, 1.82) is 0 Å². The van der Waals surface area contributed by atoms with Crippen molar-refractivity contribution in [2.75, 3.05) is 44.2 Å². The third kappa shape index (κ3) is 7.01. The number of piperazine rings is 1. The van der Waals surface area contributed by atoms with Gasteiger partial charge in [0.25, 0.3) is 5.91 Å². The maximum atomic E-state index is 13.6. The molecule has 3 aromatic rings. The van der Waals surface area contributed by atoms with Crippen LogP contribution in [0.2, 0.25) is 0 Å². The van der Waals surface area contributed by atoms with Gasteiger partial charge in [-0.05, 0) is 68.0 Å². The lowest BCUT2D eigenvalue weighted by Crippen LogP contribution is -2.47. The monoisotopic (exact) mass is 537 g/mol. The zero-order chi connectivity index (χ0) is 27.7. The van der Waals surface area contributed by atoms with Crippen LogP contribution in [0.3, 0.4) is 0 Å². The molecule has 2 aliphatic rings. The highest BCUT2D eigenvalue weighted by Crippen LogP contribution is 2.29. The molecule has 2 fully saturated rings. The molecule has 1 aliphatic heterocycles. The van der Waals surface area contributed by atoms with Crippen molar-refractivity contribution < 1.29 is 9.90 Å². The van der Waals surface area contributed by atoms with E-state index in [-0.39, 0.29) is 18.1 Å². The quantitative estimate of drug-likeness (QED) is 0.324. The van der Waals surface area contributed by atoms with Gasteiger partial charge >= 0.3 is 0 Å². The Balaban J connectivity index is 1.19. The summed E-state index contributed by atoms with van der Waals surface area (Å²) in [6.45, 7) is 9.43. The molecule has 5 rings (SSSR count). The fraction of sp³-hybridized carbons (Fsp3) is 0.400. The highest BCUT2D eigenvalue weighted by atomic mass is 16.3. The number of hydrogen-bond donors (Lipinski definition) is 1. The van der Waals surface area contributed by atoms with Crippen LogP contribution in [0.4, 0.5) is 5.69 Å². The molecule has 1 saturated heterocycles. The van der Waals surface area contributed by atoms with E-state index >= 15 is 0 Å². The van der Waals surface area contributed by atoms with Gasteiger partial charge in [0.1, 0.15) is 0 Å². The highest BCUT2D eigenvalue weighted by Gasteiger charge is 2.28. The predicted molar refractivity (Wildman–Crippen MR) is 164 cm³/mol. The van der Waals surface area contributed by atoms with E-state index in [1.54, 1.807) is 0 Å². The molecule has 1 heterocycles. The van der Waals surface area contributed by atoms with Gasteiger partial charge < -0.3 is 14.9 Å². The summed E-state index contributed by atoms with van der Waals surface area (Å²) in [5, 5.41) is 9.93. The molecule has 5 heteroatoms. The number of nitrogens with zero attached hydrogens (tertiary/aromatic N) is 3. The topological polar surface area (TPSA) is 47.0 Å². The Bertz CT molecular complexity index is 1180. The summed E-state index contributed by atoms with van der Waals surface area (Å²) in [6.07, 6.45) is 5.87. The van der Waals surface area contributed by atoms with Gasteiger partial charge in [-0.3, -0.25) is 9.69 Å². The molecule has 0 radical (unpaired) electrons. The van der Waals surface area contributed by atoms with Crippen molar-refractivity contribution in [3.05, 3.63) is 114 Å². The van der Waals surface area contributed by atoms with Crippen LogP contribution in [-0.2, 0) is 0 Å². The number of aliphatic hydroxyl groups excluding tert-OH is 1. The van der Waals surface area contributed by atoms with Gasteiger partial charge in [0.2, 0.25) is 0 Å². The van der Waals surface area contributed by atoms with Gasteiger partial charge in [-0.15, -0.1) is 6.58 Å². The Kier molecular flexibility index (Phi) is 9.69. The van der Waals surface area contributed by atoms with E-state index in [4.69, 9.17) is 0 Å². The van der Waals surface area contributed by atoms with E-state index in [1.165, 1.54) is 11.1 Å². The molecular formula is C35H43N3O2. The zero-order valence-electron chi connectivity index (χ0n) is 23.6. The first-order chi connectivity index (χ1) is 19.6. The molecule has 1 aliphatic carbocycles. The lowest BCUT2D eigenvalue weighted by molar-refractivity contribution is 0.0530. The normalized spacial score (nSPS) is 19.9. The van der Waals surface area contributed by atoms with Crippen LogP contribution in [0.25, 0.3) is 0 Å². The average molecular weight is 538 g/mol. The van der Waals surface area contributed by atoms with Crippen LogP contribution in [0.1, 0.15) is 59.5 Å². The number of anilines is 1. The number of aliphatic hydroxyl groups is 1. The number of carbonyl (C=O) groups is 1. The summed E-state index contributed by atoms with van der Waals surface area (Å²) in [6, 6.07) is 30.0. The second-order valence-electron chi connectivity index (χ2n) is 11.3. The molecule has 0 bridgehead atoms. The average Bonchev–Trinajstić information content (AvgIpc) is 3.02. The van der Waals surface area contributed by atoms with Crippen LogP contribution in [0.15, 0.2) is 97.6 Å². The van der Waals surface area contributed by atoms with Crippen LogP contribution >= 0.6 is 0 Å². The number of benzene rings is 3. The van der Waals surface area contributed by atoms with E-state index in [0.717, 1.165) is 76.1 Å². The molecule has 3 aromatic carbocycles. The molecule has 0 atom stereocenters. The highest BCUT2D eigenvalue weighted by molar-refractivity contribution is 5.95. The summed E-state index contributed by atoms with van der Waals surface area (Å²) in [4.78, 5) is 20.5. The minimum Gasteiger partial charge on any atom is -0.393 e. The number of rotatable bonds is 10. The van der Waals surface area contributed by atoms with Crippen LogP contribution < -0.4 is 4.90 Å². The standard InChI is InChI=1S/C35H43N3O2/c1-2-21-38(31-16-18-33(39)19-17-31)35(40)30-14-9-15-32(27-30)37-25-23-36(24-26-37)22-20-34(28-10-5-3-6-11-28)29-12-7-4-8-13-29/h2-15,27,31,33-34,39H,1,16-26H2/t31-,33-. The lowest BCUT2D eigenvalue weighted by Gasteiger charge is -2.37. The van der Waals surface area contributed by atoms with Crippen molar-refractivity contribution in [2.45, 2.75) is 50.2 Å². The fourth-order valence-corrected chi connectivity index (χ4v) is 6.35. The Labute approximate surface area is 239 Å². The first-order valence-corrected chi connectivity index (χ1v) is 14.9. The van der Waals surface area contributed by atoms with E-state index in [9.17, 15) is 9.90 Å². The molecule has 1 saturated carbocycles. The van der Waals surface area contributed by atoms with Crippen LogP contribution in [0, 0.1) is 0 Å². The smallest absolute Gasteiger partial charge is 0.254 e. The van der Waals surface area contributed by atoms with Crippen molar-refractivity contribution in [1.82, 2.24) is 9.80 Å². The molecule has 0 spiro atoms. The van der Waals surface area contributed by atoms with Gasteiger partial charge in [0, 0.05) is 55.9 Å². The Hall–Kier alpha value is -3.41. The summed E-state index contributed by atoms with van der Waals surface area (Å²) >= 11 is 0. The molecule has 1 amide bonds. The maximum absolute atomic E-state index is 13.6. The number of carbonyl (C=O) groups excluding carboxylic acids is 1. The number of hydrogen-bond acceptors (Lipinski definition) is 4. The minimum atomic E-state index is -0.235. The van der Waals surface area contributed by atoms with Crippen LogP contribution in [0.5, 0.6) is 0 Å². The predicted octanol–water partition coefficient (Wildman–Crippen LogP) is 5.96. The van der Waals surface area contributed by atoms with E-state index in [1.807, 2.05) is 23.1 Å². The Morgan fingerprint density at radius 3 is 2.10 bits per heavy atom. The Morgan fingerprint density at radius 2 is 1.50 bits per heavy atom. The van der Waals surface area contributed by atoms with E-state index in [0.29, 0.717) is 12.5 Å². The fourth-order valence-electron chi connectivity index (χ4n) is 6.35. The summed E-state index contributed by atoms with van der Waals surface area (Å²) in [7, 11) is 0. The lowest BCUT2D eigenvalue weighted by atomic mass is 9.88. The van der Waals surface area contributed by atoms with Crippen molar-refractivity contribution in [3.63, 3.8) is 0 Å². The molecule has 0 unspecified atom stereocenters. The molecule has 5 nitrogen and oxygen atoms in total. The third-order valence-corrected chi connectivity index (χ3v) is 8.66. The first-order valence-electron chi connectivity index (χ1n) is 14.9. The van der Waals surface area contributed by atoms with Gasteiger partial charge in [-0.1, -0.05) is 72.8 Å². The van der Waals surface area contributed by atoms with Gasteiger partial charge in [-0.2, -0.15) is 0 Å². The van der Waals surface area contributed by atoms with Gasteiger partial charge in [0.15, 0.2) is 0 Å². The summed E-state index contributed by atoms with van der Waals surface area (Å²) in [5.74, 6) is 0.462. The van der Waals surface area contributed by atoms with Crippen molar-refractivity contribution >= 4 is 11.6 Å². The molecule has 0 aromatic heterocycles.